The third-order valence-electron chi connectivity index (χ3n) is 5.02. The molecule has 1 aliphatic heterocycles. The molecule has 0 aromatic heterocycles. The summed E-state index contributed by atoms with van der Waals surface area (Å²) >= 11 is 0. The van der Waals surface area contributed by atoms with Crippen LogP contribution in [0.15, 0.2) is 65.8 Å². The Morgan fingerprint density at radius 3 is 2.59 bits per heavy atom. The van der Waals surface area contributed by atoms with Gasteiger partial charge in [0.05, 0.1) is 5.69 Å². The highest BCUT2D eigenvalue weighted by Crippen LogP contribution is 2.32. The van der Waals surface area contributed by atoms with Crippen LogP contribution >= 0.6 is 0 Å². The molecule has 1 heterocycles. The van der Waals surface area contributed by atoms with Crippen LogP contribution in [0.3, 0.4) is 0 Å². The number of nitrogens with one attached hydrogen (secondary N) is 1. The molecular weight excluding hydrogens is 370 g/mol. The molecule has 3 aromatic rings. The number of hydrogen-bond acceptors (Lipinski definition) is 5. The number of carbonyl (C=O) groups excluding carboxylic acids is 3. The Balaban J connectivity index is 1.39. The topological polar surface area (TPSA) is 88.1 Å². The fraction of sp³-hybridized carbons (Fsp3) is 0.0909. The molecular formula is C22H15N3O4. The van der Waals surface area contributed by atoms with Gasteiger partial charge >= 0.3 is 0 Å². The first kappa shape index (κ1) is 17.1. The first-order valence-corrected chi connectivity index (χ1v) is 9.09. The van der Waals surface area contributed by atoms with Crippen molar-refractivity contribution in [2.75, 3.05) is 18.1 Å². The molecule has 0 saturated heterocycles. The van der Waals surface area contributed by atoms with Crippen LogP contribution < -0.4 is 15.1 Å². The predicted molar refractivity (Wildman–Crippen MR) is 107 cm³/mol. The molecule has 142 valence electrons. The number of ether oxygens (including phenoxy) is 1. The summed E-state index contributed by atoms with van der Waals surface area (Å²) in [6.45, 7) is -0.351. The molecule has 0 saturated carbocycles. The number of nitrogens with zero attached hydrogens (tertiary/aromatic N) is 2. The maximum Gasteiger partial charge on any atom is 0.265 e. The summed E-state index contributed by atoms with van der Waals surface area (Å²) in [5.74, 6) is -0.511. The summed E-state index contributed by atoms with van der Waals surface area (Å²) in [6.07, 6.45) is 0. The standard InChI is InChI=1S/C22H15N3O4/c26-18(11-25-16-9-1-2-10-17(16)29-12-19(25)27)23-24-21-14-7-3-5-13-6-4-8-15(20(13)14)22(21)28/h1-10H,11-12H2,(H,23,26)/b24-21-. The number of ketones is 1. The van der Waals surface area contributed by atoms with E-state index in [4.69, 9.17) is 4.74 Å². The predicted octanol–water partition coefficient (Wildman–Crippen LogP) is 2.28. The van der Waals surface area contributed by atoms with E-state index in [0.717, 1.165) is 10.8 Å². The van der Waals surface area contributed by atoms with Crippen molar-refractivity contribution in [3.05, 3.63) is 71.8 Å². The first-order valence-electron chi connectivity index (χ1n) is 9.09. The molecule has 0 bridgehead atoms. The summed E-state index contributed by atoms with van der Waals surface area (Å²) in [5, 5.41) is 5.87. The number of fused-ring (bicyclic) bond motifs is 1. The quantitative estimate of drug-likeness (QED) is 0.701. The summed E-state index contributed by atoms with van der Waals surface area (Å²) < 4.78 is 5.38. The number of para-hydroxylation sites is 2. The lowest BCUT2D eigenvalue weighted by Gasteiger charge is -2.28. The molecule has 0 unspecified atom stereocenters. The molecule has 0 spiro atoms. The van der Waals surface area contributed by atoms with E-state index >= 15 is 0 Å². The minimum absolute atomic E-state index is 0.130. The van der Waals surface area contributed by atoms with Crippen molar-refractivity contribution in [3.63, 3.8) is 0 Å². The molecule has 0 atom stereocenters. The van der Waals surface area contributed by atoms with Gasteiger partial charge in [-0.15, -0.1) is 0 Å². The molecule has 7 nitrogen and oxygen atoms in total. The van der Waals surface area contributed by atoms with Crippen molar-refractivity contribution in [3.8, 4) is 5.75 Å². The zero-order valence-electron chi connectivity index (χ0n) is 15.2. The van der Waals surface area contributed by atoms with Gasteiger partial charge in [-0.05, 0) is 17.5 Å². The Morgan fingerprint density at radius 1 is 1.00 bits per heavy atom. The van der Waals surface area contributed by atoms with Crippen LogP contribution in [0.4, 0.5) is 5.69 Å². The van der Waals surface area contributed by atoms with Gasteiger partial charge < -0.3 is 4.74 Å². The maximum absolute atomic E-state index is 12.7. The van der Waals surface area contributed by atoms with Crippen LogP contribution in [0.2, 0.25) is 0 Å². The molecule has 29 heavy (non-hydrogen) atoms. The molecule has 1 N–H and O–H groups in total. The van der Waals surface area contributed by atoms with E-state index in [1.165, 1.54) is 4.90 Å². The second-order valence-electron chi connectivity index (χ2n) is 6.77. The number of rotatable bonds is 3. The lowest BCUT2D eigenvalue weighted by molar-refractivity contribution is -0.125. The molecule has 7 heteroatoms. The maximum atomic E-state index is 12.7. The summed E-state index contributed by atoms with van der Waals surface area (Å²) in [6, 6.07) is 18.1. The van der Waals surface area contributed by atoms with Crippen molar-refractivity contribution in [2.45, 2.75) is 0 Å². The van der Waals surface area contributed by atoms with Crippen LogP contribution in [0.25, 0.3) is 10.8 Å². The number of hydrazone groups is 1. The monoisotopic (exact) mass is 385 g/mol. The Morgan fingerprint density at radius 2 is 1.76 bits per heavy atom. The first-order chi connectivity index (χ1) is 14.1. The molecule has 2 aliphatic rings. The fourth-order valence-corrected chi connectivity index (χ4v) is 3.71. The van der Waals surface area contributed by atoms with E-state index in [0.29, 0.717) is 22.6 Å². The Hall–Kier alpha value is -4.00. The third-order valence-corrected chi connectivity index (χ3v) is 5.02. The van der Waals surface area contributed by atoms with Crippen LogP contribution in [0, 0.1) is 0 Å². The van der Waals surface area contributed by atoms with Crippen molar-refractivity contribution >= 4 is 39.8 Å². The van der Waals surface area contributed by atoms with Gasteiger partial charge in [0.15, 0.2) is 6.61 Å². The summed E-state index contributed by atoms with van der Waals surface area (Å²) in [7, 11) is 0. The molecule has 2 amide bonds. The second-order valence-corrected chi connectivity index (χ2v) is 6.77. The SMILES string of the molecule is O=C(CN1C(=O)COc2ccccc21)N/N=C1\C(=O)c2cccc3cccc1c23. The molecule has 1 aliphatic carbocycles. The van der Waals surface area contributed by atoms with Crippen molar-refractivity contribution in [2.24, 2.45) is 5.10 Å². The smallest absolute Gasteiger partial charge is 0.265 e. The second kappa shape index (κ2) is 6.56. The zero-order valence-corrected chi connectivity index (χ0v) is 15.2. The minimum atomic E-state index is -0.501. The van der Waals surface area contributed by atoms with Crippen molar-refractivity contribution in [1.82, 2.24) is 5.43 Å². The highest BCUT2D eigenvalue weighted by Gasteiger charge is 2.30. The van der Waals surface area contributed by atoms with Gasteiger partial charge in [-0.3, -0.25) is 19.3 Å². The van der Waals surface area contributed by atoms with Crippen LogP contribution in [-0.2, 0) is 9.59 Å². The Bertz CT molecular complexity index is 1230. The number of anilines is 1. The minimum Gasteiger partial charge on any atom is -0.482 e. The highest BCUT2D eigenvalue weighted by atomic mass is 16.5. The molecule has 5 rings (SSSR count). The van der Waals surface area contributed by atoms with Gasteiger partial charge in [-0.2, -0.15) is 5.10 Å². The van der Waals surface area contributed by atoms with Crippen molar-refractivity contribution < 1.29 is 19.1 Å². The van der Waals surface area contributed by atoms with E-state index in [-0.39, 0.29) is 30.6 Å². The van der Waals surface area contributed by atoms with E-state index < -0.39 is 5.91 Å². The van der Waals surface area contributed by atoms with Gasteiger partial charge in [0.1, 0.15) is 18.0 Å². The summed E-state index contributed by atoms with van der Waals surface area (Å²) in [5.41, 5.74) is 4.41. The zero-order chi connectivity index (χ0) is 20.0. The van der Waals surface area contributed by atoms with Crippen molar-refractivity contribution in [1.29, 1.82) is 0 Å². The number of carbonyl (C=O) groups is 3. The molecule has 3 aromatic carbocycles. The molecule has 0 radical (unpaired) electrons. The normalized spacial score (nSPS) is 16.1. The number of Topliss-reactive ketones (excluding diaryl/α,β-unsaturated/α-hetero) is 1. The van der Waals surface area contributed by atoms with Crippen LogP contribution in [0.1, 0.15) is 15.9 Å². The van der Waals surface area contributed by atoms with Crippen LogP contribution in [-0.4, -0.2) is 36.5 Å². The lowest BCUT2D eigenvalue weighted by Crippen LogP contribution is -2.44. The van der Waals surface area contributed by atoms with Gasteiger partial charge in [0.25, 0.3) is 11.8 Å². The average Bonchev–Trinajstić information content (AvgIpc) is 3.02. The van der Waals surface area contributed by atoms with Gasteiger partial charge in [-0.25, -0.2) is 5.43 Å². The fourth-order valence-electron chi connectivity index (χ4n) is 3.71. The van der Waals surface area contributed by atoms with E-state index in [1.54, 1.807) is 30.3 Å². The van der Waals surface area contributed by atoms with Gasteiger partial charge in [-0.1, -0.05) is 48.5 Å². The number of hydrogen-bond donors (Lipinski definition) is 1. The van der Waals surface area contributed by atoms with Crippen LogP contribution in [0.5, 0.6) is 5.75 Å². The van der Waals surface area contributed by atoms with E-state index in [2.05, 4.69) is 10.5 Å². The van der Waals surface area contributed by atoms with E-state index in [9.17, 15) is 14.4 Å². The number of benzene rings is 3. The Kier molecular flexibility index (Phi) is 3.87. The number of amides is 2. The summed E-state index contributed by atoms with van der Waals surface area (Å²) in [4.78, 5) is 38.8. The van der Waals surface area contributed by atoms with Gasteiger partial charge in [0, 0.05) is 16.5 Å². The largest absolute Gasteiger partial charge is 0.482 e. The highest BCUT2D eigenvalue weighted by molar-refractivity contribution is 6.59. The Labute approximate surface area is 165 Å². The molecule has 0 fully saturated rings. The van der Waals surface area contributed by atoms with Gasteiger partial charge in [0.2, 0.25) is 5.78 Å². The third kappa shape index (κ3) is 2.75. The van der Waals surface area contributed by atoms with E-state index in [1.807, 2.05) is 30.3 Å². The lowest BCUT2D eigenvalue weighted by atomic mass is 10.1. The average molecular weight is 385 g/mol.